The zero-order valence-corrected chi connectivity index (χ0v) is 7.93. The summed E-state index contributed by atoms with van der Waals surface area (Å²) in [5.41, 5.74) is 0. The summed E-state index contributed by atoms with van der Waals surface area (Å²) in [6.07, 6.45) is 0. The molecule has 0 amide bonds. The van der Waals surface area contributed by atoms with E-state index in [0.29, 0.717) is 0 Å². The molecule has 0 aromatic carbocycles. The van der Waals surface area contributed by atoms with Crippen LogP contribution in [0.5, 0.6) is 0 Å². The Labute approximate surface area is 86.3 Å². The second kappa shape index (κ2) is 16.7. The fourth-order valence-corrected chi connectivity index (χ4v) is 0. The van der Waals surface area contributed by atoms with Gasteiger partial charge in [-0.3, -0.25) is 0 Å². The van der Waals surface area contributed by atoms with E-state index in [1.165, 1.54) is 0 Å². The van der Waals surface area contributed by atoms with Crippen LogP contribution in [0.25, 0.3) is 0 Å². The van der Waals surface area contributed by atoms with Gasteiger partial charge >= 0.3 is 37.7 Å². The molecule has 0 saturated carbocycles. The van der Waals surface area contributed by atoms with E-state index in [4.69, 9.17) is 19.2 Å². The van der Waals surface area contributed by atoms with Gasteiger partial charge in [-0.05, 0) is 0 Å². The van der Waals surface area contributed by atoms with Crippen molar-refractivity contribution in [3.8, 4) is 0 Å². The second-order valence-electron chi connectivity index (χ2n) is 0.469. The van der Waals surface area contributed by atoms with Crippen molar-refractivity contribution in [3.05, 3.63) is 0 Å². The summed E-state index contributed by atoms with van der Waals surface area (Å²) in [7, 11) is -5.14. The van der Waals surface area contributed by atoms with Gasteiger partial charge in [0.05, 0.1) is 7.82 Å². The second-order valence-corrected chi connectivity index (χ2v) is 1.41. The van der Waals surface area contributed by atoms with E-state index in [0.717, 1.165) is 0 Å². The molecule has 0 radical (unpaired) electrons. The zero-order chi connectivity index (χ0) is 4.50. The van der Waals surface area contributed by atoms with Gasteiger partial charge in [0.25, 0.3) is 0 Å². The molecule has 0 aliphatic rings. The Kier molecular flexibility index (Phi) is 71.7. The quantitative estimate of drug-likeness (QED) is 0.304. The molecule has 0 aliphatic heterocycles. The minimum atomic E-state index is -5.14. The van der Waals surface area contributed by atoms with Gasteiger partial charge in [-0.2, -0.15) is 0 Å². The maximum atomic E-state index is 8.66. The van der Waals surface area contributed by atoms with Crippen LogP contribution in [-0.2, 0) is 4.57 Å². The van der Waals surface area contributed by atoms with Crippen LogP contribution in [0.3, 0.4) is 0 Å². The maximum absolute atomic E-state index is 8.66. The third kappa shape index (κ3) is 424. The molecule has 0 rings (SSSR count). The smallest absolute Gasteiger partial charge is 0.790 e. The average molecular weight is 208 g/mol. The largest absolute Gasteiger partial charge is 2.00 e. The number of rotatable bonds is 0. The molecule has 0 unspecified atom stereocenters. The van der Waals surface area contributed by atoms with Crippen molar-refractivity contribution in [3.63, 3.8) is 0 Å². The molecule has 0 atom stereocenters. The molecule has 0 aromatic heterocycles. The van der Waals surface area contributed by atoms with Crippen LogP contribution in [0.1, 0.15) is 0 Å². The molecule has 0 heterocycles. The normalized spacial score (nSPS) is 5.90. The molecular formula is H9CaO8P. The zero-order valence-electron chi connectivity index (χ0n) is 4.83. The first-order chi connectivity index (χ1) is 2.00. The minimum Gasteiger partial charge on any atom is -0.790 e. The predicted molar refractivity (Wildman–Crippen MR) is 30.0 cm³/mol. The summed E-state index contributed by atoms with van der Waals surface area (Å²) in [4.78, 5) is 24.3. The number of hydrogen-bond acceptors (Lipinski definition) is 3. The van der Waals surface area contributed by atoms with Gasteiger partial charge in [0.15, 0.2) is 0 Å². The summed E-state index contributed by atoms with van der Waals surface area (Å²) >= 11 is 0. The molecule has 0 aromatic rings. The maximum Gasteiger partial charge on any atom is 2.00 e. The van der Waals surface area contributed by atoms with Crippen LogP contribution in [0.4, 0.5) is 0 Å². The first kappa shape index (κ1) is 43.1. The van der Waals surface area contributed by atoms with Crippen molar-refractivity contribution >= 4 is 45.6 Å². The van der Waals surface area contributed by atoms with Crippen molar-refractivity contribution in [2.45, 2.75) is 0 Å². The Hall–Kier alpha value is 1.21. The first-order valence-electron chi connectivity index (χ1n) is 0.748. The number of phosphoric acid groups is 1. The standard InChI is InChI=1S/Ca.H3O4P.4H2O/c;1-5(2,3)4;;;;/h;(H3,1,2,3,4);4*1H2/q+2;;;;;/p-2. The molecule has 0 spiro atoms. The van der Waals surface area contributed by atoms with Crippen molar-refractivity contribution in [1.82, 2.24) is 0 Å². The molecule has 0 saturated heterocycles. The molecular weight excluding hydrogens is 199 g/mol. The predicted octanol–water partition coefficient (Wildman–Crippen LogP) is -5.87. The van der Waals surface area contributed by atoms with E-state index in [2.05, 4.69) is 0 Å². The van der Waals surface area contributed by atoms with E-state index in [9.17, 15) is 0 Å². The van der Waals surface area contributed by atoms with Crippen molar-refractivity contribution < 1.29 is 41.2 Å². The van der Waals surface area contributed by atoms with Crippen molar-refractivity contribution in [2.75, 3.05) is 0 Å². The van der Waals surface area contributed by atoms with Gasteiger partial charge in [0, 0.05) is 0 Å². The van der Waals surface area contributed by atoms with Crippen molar-refractivity contribution in [2.24, 2.45) is 0 Å². The van der Waals surface area contributed by atoms with Crippen LogP contribution in [-0.4, -0.2) is 64.5 Å². The van der Waals surface area contributed by atoms with E-state index in [1.54, 1.807) is 0 Å². The molecule has 10 heavy (non-hydrogen) atoms. The van der Waals surface area contributed by atoms with Crippen LogP contribution in [0, 0.1) is 0 Å². The Morgan fingerprint density at radius 3 is 1.00 bits per heavy atom. The van der Waals surface area contributed by atoms with Gasteiger partial charge in [-0.25, -0.2) is 0 Å². The van der Waals surface area contributed by atoms with Gasteiger partial charge in [-0.1, -0.05) is 0 Å². The van der Waals surface area contributed by atoms with Crippen LogP contribution < -0.4 is 9.79 Å². The Bertz CT molecular complexity index is 55.4. The van der Waals surface area contributed by atoms with E-state index < -0.39 is 7.82 Å². The average Bonchev–Trinajstić information content (AvgIpc) is 0.722. The third-order valence-electron chi connectivity index (χ3n) is 0. The van der Waals surface area contributed by atoms with Crippen LogP contribution in [0.15, 0.2) is 0 Å². The Morgan fingerprint density at radius 2 is 1.00 bits per heavy atom. The number of hydrogen-bond donors (Lipinski definition) is 1. The van der Waals surface area contributed by atoms with Crippen LogP contribution >= 0.6 is 7.82 Å². The molecule has 64 valence electrons. The molecule has 0 bridgehead atoms. The summed E-state index contributed by atoms with van der Waals surface area (Å²) in [5, 5.41) is 0. The summed E-state index contributed by atoms with van der Waals surface area (Å²) < 4.78 is 8.66. The van der Waals surface area contributed by atoms with E-state index >= 15 is 0 Å². The Balaban J connectivity index is -0.00000000800. The van der Waals surface area contributed by atoms with Gasteiger partial charge < -0.3 is 41.2 Å². The third-order valence-corrected chi connectivity index (χ3v) is 0. The topological polar surface area (TPSA) is 209 Å². The molecule has 0 aliphatic carbocycles. The summed E-state index contributed by atoms with van der Waals surface area (Å²) in [6, 6.07) is 0. The molecule has 10 heteroatoms. The SMILES string of the molecule is O.O.O.O.O=P([O-])([O-])O.[Ca+2]. The summed E-state index contributed by atoms with van der Waals surface area (Å²) in [6.45, 7) is 0. The first-order valence-corrected chi connectivity index (χ1v) is 2.24. The van der Waals surface area contributed by atoms with Gasteiger partial charge in [0.1, 0.15) is 0 Å². The molecule has 9 N–H and O–H groups in total. The van der Waals surface area contributed by atoms with E-state index in [-0.39, 0.29) is 59.6 Å². The molecule has 0 fully saturated rings. The summed E-state index contributed by atoms with van der Waals surface area (Å²) in [5.74, 6) is 0. The fraction of sp³-hybridized carbons (Fsp3) is 0. The molecule has 8 nitrogen and oxygen atoms in total. The Morgan fingerprint density at radius 1 is 1.00 bits per heavy atom. The van der Waals surface area contributed by atoms with Gasteiger partial charge in [-0.15, -0.1) is 0 Å². The van der Waals surface area contributed by atoms with E-state index in [1.807, 2.05) is 0 Å². The minimum absolute atomic E-state index is 0. The van der Waals surface area contributed by atoms with Crippen molar-refractivity contribution in [1.29, 1.82) is 0 Å². The van der Waals surface area contributed by atoms with Gasteiger partial charge in [0.2, 0.25) is 0 Å². The van der Waals surface area contributed by atoms with Crippen LogP contribution in [0.2, 0.25) is 0 Å². The fourth-order valence-electron chi connectivity index (χ4n) is 0. The monoisotopic (exact) mass is 208 g/mol.